The van der Waals surface area contributed by atoms with Crippen molar-refractivity contribution in [2.75, 3.05) is 26.2 Å². The van der Waals surface area contributed by atoms with Crippen LogP contribution >= 0.6 is 11.6 Å². The lowest BCUT2D eigenvalue weighted by atomic mass is 10.2. The summed E-state index contributed by atoms with van der Waals surface area (Å²) in [6.07, 6.45) is 0. The molecule has 1 aliphatic rings. The number of sulfonamides is 1. The van der Waals surface area contributed by atoms with Crippen LogP contribution in [0.3, 0.4) is 0 Å². The van der Waals surface area contributed by atoms with E-state index in [9.17, 15) is 17.2 Å². The molecule has 0 spiro atoms. The molecular weight excluding hydrogens is 370 g/mol. The molecule has 1 heterocycles. The number of nitrogens with zero attached hydrogens (tertiary/aromatic N) is 2. The standard InChI is InChI=1S/C17H17ClF2N2O2S/c18-14-3-1-2-13(8-14)12-21-4-6-22(7-5-21)25(23,24)17-10-15(19)9-16(20)11-17/h1-3,8-11H,4-7,12H2. The molecule has 4 nitrogen and oxygen atoms in total. The quantitative estimate of drug-likeness (QED) is 0.810. The van der Waals surface area contributed by atoms with E-state index in [-0.39, 0.29) is 18.0 Å². The second-order valence-corrected chi connectivity index (χ2v) is 8.29. The molecule has 0 N–H and O–H groups in total. The van der Waals surface area contributed by atoms with Crippen molar-refractivity contribution in [1.29, 1.82) is 0 Å². The molecule has 0 aromatic heterocycles. The minimum absolute atomic E-state index is 0.265. The van der Waals surface area contributed by atoms with E-state index >= 15 is 0 Å². The average molecular weight is 387 g/mol. The van der Waals surface area contributed by atoms with Gasteiger partial charge in [-0.2, -0.15) is 4.31 Å². The van der Waals surface area contributed by atoms with Crippen LogP contribution in [0.4, 0.5) is 8.78 Å². The summed E-state index contributed by atoms with van der Waals surface area (Å²) < 4.78 is 53.0. The largest absolute Gasteiger partial charge is 0.296 e. The molecule has 134 valence electrons. The third-order valence-corrected chi connectivity index (χ3v) is 6.21. The van der Waals surface area contributed by atoms with Crippen molar-refractivity contribution in [3.63, 3.8) is 0 Å². The summed E-state index contributed by atoms with van der Waals surface area (Å²) in [7, 11) is -3.90. The molecule has 0 radical (unpaired) electrons. The summed E-state index contributed by atoms with van der Waals surface area (Å²) in [6.45, 7) is 2.26. The number of halogens is 3. The molecule has 0 amide bonds. The first-order valence-electron chi connectivity index (χ1n) is 7.78. The van der Waals surface area contributed by atoms with Gasteiger partial charge in [0.2, 0.25) is 10.0 Å². The van der Waals surface area contributed by atoms with Crippen molar-refractivity contribution in [3.05, 3.63) is 64.7 Å². The first-order chi connectivity index (χ1) is 11.8. The number of piperazine rings is 1. The van der Waals surface area contributed by atoms with Crippen LogP contribution in [0, 0.1) is 11.6 Å². The molecule has 0 atom stereocenters. The van der Waals surface area contributed by atoms with Crippen LogP contribution < -0.4 is 0 Å². The highest BCUT2D eigenvalue weighted by Crippen LogP contribution is 2.21. The minimum Gasteiger partial charge on any atom is -0.296 e. The zero-order chi connectivity index (χ0) is 18.0. The molecule has 2 aromatic rings. The van der Waals surface area contributed by atoms with Crippen molar-refractivity contribution in [2.45, 2.75) is 11.4 Å². The molecule has 1 saturated heterocycles. The van der Waals surface area contributed by atoms with Gasteiger partial charge in [-0.15, -0.1) is 0 Å². The molecule has 3 rings (SSSR count). The van der Waals surface area contributed by atoms with Gasteiger partial charge in [0.05, 0.1) is 4.90 Å². The highest BCUT2D eigenvalue weighted by Gasteiger charge is 2.29. The first-order valence-corrected chi connectivity index (χ1v) is 9.59. The second kappa shape index (κ2) is 7.37. The van der Waals surface area contributed by atoms with Gasteiger partial charge in [-0.3, -0.25) is 4.90 Å². The Morgan fingerprint density at radius 3 is 2.20 bits per heavy atom. The lowest BCUT2D eigenvalue weighted by Gasteiger charge is -2.34. The van der Waals surface area contributed by atoms with Crippen molar-refractivity contribution in [3.8, 4) is 0 Å². The summed E-state index contributed by atoms with van der Waals surface area (Å²) in [5, 5.41) is 0.659. The Hall–Kier alpha value is -1.54. The highest BCUT2D eigenvalue weighted by molar-refractivity contribution is 7.89. The summed E-state index contributed by atoms with van der Waals surface area (Å²) in [4.78, 5) is 1.76. The maximum atomic E-state index is 13.3. The Kier molecular flexibility index (Phi) is 5.38. The van der Waals surface area contributed by atoms with Gasteiger partial charge in [-0.1, -0.05) is 23.7 Å². The van der Waals surface area contributed by atoms with Gasteiger partial charge in [0.1, 0.15) is 11.6 Å². The van der Waals surface area contributed by atoms with E-state index < -0.39 is 21.7 Å². The molecule has 0 saturated carbocycles. The van der Waals surface area contributed by atoms with Crippen LogP contribution in [-0.4, -0.2) is 43.8 Å². The average Bonchev–Trinajstić information content (AvgIpc) is 2.54. The number of hydrogen-bond acceptors (Lipinski definition) is 3. The fraction of sp³-hybridized carbons (Fsp3) is 0.294. The molecule has 1 fully saturated rings. The number of hydrogen-bond donors (Lipinski definition) is 0. The van der Waals surface area contributed by atoms with E-state index in [1.54, 1.807) is 6.07 Å². The van der Waals surface area contributed by atoms with E-state index in [1.165, 1.54) is 4.31 Å². The summed E-state index contributed by atoms with van der Waals surface area (Å²) in [5.74, 6) is -1.81. The SMILES string of the molecule is O=S(=O)(c1cc(F)cc(F)c1)N1CCN(Cc2cccc(Cl)c2)CC1. The molecular formula is C17H17ClF2N2O2S. The molecule has 2 aromatic carbocycles. The lowest BCUT2D eigenvalue weighted by molar-refractivity contribution is 0.181. The Bertz CT molecular complexity index is 848. The third-order valence-electron chi connectivity index (χ3n) is 4.10. The van der Waals surface area contributed by atoms with Gasteiger partial charge >= 0.3 is 0 Å². The fourth-order valence-corrected chi connectivity index (χ4v) is 4.53. The maximum absolute atomic E-state index is 13.3. The minimum atomic E-state index is -3.90. The molecule has 0 bridgehead atoms. The van der Waals surface area contributed by atoms with Gasteiger partial charge in [0, 0.05) is 43.8 Å². The fourth-order valence-electron chi connectivity index (χ4n) is 2.85. The first kappa shape index (κ1) is 18.3. The van der Waals surface area contributed by atoms with Crippen LogP contribution in [-0.2, 0) is 16.6 Å². The lowest BCUT2D eigenvalue weighted by Crippen LogP contribution is -2.48. The van der Waals surface area contributed by atoms with Gasteiger partial charge in [0.15, 0.2) is 0 Å². The Balaban J connectivity index is 1.67. The maximum Gasteiger partial charge on any atom is 0.243 e. The van der Waals surface area contributed by atoms with Crippen molar-refractivity contribution in [1.82, 2.24) is 9.21 Å². The van der Waals surface area contributed by atoms with Gasteiger partial charge in [-0.05, 0) is 29.8 Å². The van der Waals surface area contributed by atoms with Gasteiger partial charge in [-0.25, -0.2) is 17.2 Å². The van der Waals surface area contributed by atoms with E-state index in [1.807, 2.05) is 18.2 Å². The Labute approximate surface area is 150 Å². The molecule has 1 aliphatic heterocycles. The highest BCUT2D eigenvalue weighted by atomic mass is 35.5. The summed E-state index contributed by atoms with van der Waals surface area (Å²) >= 11 is 5.97. The monoisotopic (exact) mass is 386 g/mol. The van der Waals surface area contributed by atoms with Gasteiger partial charge < -0.3 is 0 Å². The smallest absolute Gasteiger partial charge is 0.243 e. The summed E-state index contributed by atoms with van der Waals surface area (Å²) in [6, 6.07) is 9.85. The molecule has 8 heteroatoms. The second-order valence-electron chi connectivity index (χ2n) is 5.92. The van der Waals surface area contributed by atoms with Crippen LogP contribution in [0.15, 0.2) is 47.4 Å². The zero-order valence-corrected chi connectivity index (χ0v) is 14.9. The molecule has 25 heavy (non-hydrogen) atoms. The van der Waals surface area contributed by atoms with Crippen molar-refractivity contribution < 1.29 is 17.2 Å². The van der Waals surface area contributed by atoms with Crippen molar-refractivity contribution in [2.24, 2.45) is 0 Å². The van der Waals surface area contributed by atoms with Crippen LogP contribution in [0.1, 0.15) is 5.56 Å². The molecule has 0 aliphatic carbocycles. The topological polar surface area (TPSA) is 40.6 Å². The van der Waals surface area contributed by atoms with E-state index in [0.29, 0.717) is 30.7 Å². The van der Waals surface area contributed by atoms with E-state index in [2.05, 4.69) is 4.90 Å². The Morgan fingerprint density at radius 1 is 0.960 bits per heavy atom. The normalized spacial score (nSPS) is 16.9. The molecule has 0 unspecified atom stereocenters. The summed E-state index contributed by atoms with van der Waals surface area (Å²) in [5.41, 5.74) is 1.05. The van der Waals surface area contributed by atoms with Crippen molar-refractivity contribution >= 4 is 21.6 Å². The van der Waals surface area contributed by atoms with Crippen LogP contribution in [0.25, 0.3) is 0 Å². The number of rotatable bonds is 4. The zero-order valence-electron chi connectivity index (χ0n) is 13.3. The third kappa shape index (κ3) is 4.36. The Morgan fingerprint density at radius 2 is 1.60 bits per heavy atom. The van der Waals surface area contributed by atoms with E-state index in [4.69, 9.17) is 11.6 Å². The van der Waals surface area contributed by atoms with Gasteiger partial charge in [0.25, 0.3) is 0 Å². The predicted octanol–water partition coefficient (Wildman–Crippen LogP) is 3.12. The predicted molar refractivity (Wildman–Crippen MR) is 91.8 cm³/mol. The van der Waals surface area contributed by atoms with E-state index in [0.717, 1.165) is 17.7 Å². The van der Waals surface area contributed by atoms with Crippen LogP contribution in [0.5, 0.6) is 0 Å². The van der Waals surface area contributed by atoms with Crippen LogP contribution in [0.2, 0.25) is 5.02 Å². The number of benzene rings is 2.